The third-order valence-corrected chi connectivity index (χ3v) is 4.95. The fraction of sp³-hybridized carbons (Fsp3) is 0.0909. The number of ether oxygens (including phenoxy) is 1. The zero-order valence-electron chi connectivity index (χ0n) is 15.9. The summed E-state index contributed by atoms with van der Waals surface area (Å²) in [5.41, 5.74) is 2.75. The summed E-state index contributed by atoms with van der Waals surface area (Å²) in [7, 11) is 1.51. The number of thiocarbonyl (C=S) groups is 1. The summed E-state index contributed by atoms with van der Waals surface area (Å²) in [6, 6.07) is 17.7. The van der Waals surface area contributed by atoms with Crippen molar-refractivity contribution in [3.63, 3.8) is 0 Å². The average Bonchev–Trinajstić information content (AvgIpc) is 2.68. The molecule has 3 aromatic rings. The fourth-order valence-corrected chi connectivity index (χ4v) is 3.77. The van der Waals surface area contributed by atoms with E-state index in [0.717, 1.165) is 5.56 Å². The number of hydrogen-bond acceptors (Lipinski definition) is 3. The Labute approximate surface area is 189 Å². The molecule has 0 heterocycles. The molecule has 0 aliphatic carbocycles. The molecule has 0 aliphatic heterocycles. The number of hydrogen-bond donors (Lipinski definition) is 3. The van der Waals surface area contributed by atoms with E-state index < -0.39 is 5.97 Å². The minimum atomic E-state index is -1.04. The summed E-state index contributed by atoms with van der Waals surface area (Å²) in [6.07, 6.45) is 0.383. The number of halogens is 2. The summed E-state index contributed by atoms with van der Waals surface area (Å²) >= 11 is 17.5. The normalized spacial score (nSPS) is 10.4. The van der Waals surface area contributed by atoms with Crippen molar-refractivity contribution < 1.29 is 14.6 Å². The first kappa shape index (κ1) is 21.9. The number of anilines is 2. The van der Waals surface area contributed by atoms with E-state index >= 15 is 0 Å². The highest BCUT2D eigenvalue weighted by Gasteiger charge is 2.20. The van der Waals surface area contributed by atoms with Crippen molar-refractivity contribution in [3.05, 3.63) is 87.4 Å². The predicted molar refractivity (Wildman–Crippen MR) is 126 cm³/mol. The van der Waals surface area contributed by atoms with Crippen LogP contribution in [0.5, 0.6) is 5.75 Å². The van der Waals surface area contributed by atoms with Crippen LogP contribution >= 0.6 is 35.4 Å². The minimum Gasteiger partial charge on any atom is -0.495 e. The predicted octanol–water partition coefficient (Wildman–Crippen LogP) is 6.10. The zero-order valence-corrected chi connectivity index (χ0v) is 18.2. The molecule has 0 saturated carbocycles. The summed E-state index contributed by atoms with van der Waals surface area (Å²) in [4.78, 5) is 11.9. The van der Waals surface area contributed by atoms with Crippen LogP contribution in [0.2, 0.25) is 10.0 Å². The van der Waals surface area contributed by atoms with Crippen LogP contribution in [-0.2, 0) is 6.42 Å². The maximum atomic E-state index is 11.9. The number of benzene rings is 3. The lowest BCUT2D eigenvalue weighted by Gasteiger charge is -2.19. The van der Waals surface area contributed by atoms with Crippen LogP contribution in [-0.4, -0.2) is 23.3 Å². The molecule has 3 aromatic carbocycles. The molecule has 154 valence electrons. The van der Waals surface area contributed by atoms with Crippen molar-refractivity contribution in [2.75, 3.05) is 17.7 Å². The Morgan fingerprint density at radius 3 is 2.30 bits per heavy atom. The van der Waals surface area contributed by atoms with E-state index in [1.807, 2.05) is 30.3 Å². The van der Waals surface area contributed by atoms with Gasteiger partial charge in [-0.1, -0.05) is 53.5 Å². The van der Waals surface area contributed by atoms with Crippen LogP contribution in [0.15, 0.2) is 60.7 Å². The van der Waals surface area contributed by atoms with Crippen molar-refractivity contribution in [1.29, 1.82) is 0 Å². The van der Waals surface area contributed by atoms with Gasteiger partial charge in [-0.05, 0) is 53.7 Å². The Kier molecular flexibility index (Phi) is 7.15. The van der Waals surface area contributed by atoms with Gasteiger partial charge in [-0.3, -0.25) is 0 Å². The Morgan fingerprint density at radius 1 is 1.03 bits per heavy atom. The van der Waals surface area contributed by atoms with Crippen LogP contribution in [0.3, 0.4) is 0 Å². The van der Waals surface area contributed by atoms with Gasteiger partial charge >= 0.3 is 5.97 Å². The molecule has 0 atom stereocenters. The highest BCUT2D eigenvalue weighted by molar-refractivity contribution is 7.80. The minimum absolute atomic E-state index is 0.163. The first-order chi connectivity index (χ1) is 14.4. The van der Waals surface area contributed by atoms with E-state index in [-0.39, 0.29) is 10.7 Å². The van der Waals surface area contributed by atoms with Gasteiger partial charge in [0, 0.05) is 22.2 Å². The zero-order chi connectivity index (χ0) is 21.7. The number of carboxylic acid groups (broad SMARTS) is 1. The van der Waals surface area contributed by atoms with Crippen molar-refractivity contribution in [3.8, 4) is 5.75 Å². The van der Waals surface area contributed by atoms with Crippen LogP contribution in [0.4, 0.5) is 11.4 Å². The number of carbonyl (C=O) groups is 1. The molecule has 0 fully saturated rings. The second kappa shape index (κ2) is 9.80. The smallest absolute Gasteiger partial charge is 0.336 e. The summed E-state index contributed by atoms with van der Waals surface area (Å²) < 4.78 is 5.46. The molecule has 0 aromatic heterocycles. The second-order valence-corrected chi connectivity index (χ2v) is 7.65. The van der Waals surface area contributed by atoms with Crippen LogP contribution in [0, 0.1) is 0 Å². The van der Waals surface area contributed by atoms with E-state index in [2.05, 4.69) is 10.6 Å². The highest BCUT2D eigenvalue weighted by atomic mass is 35.5. The summed E-state index contributed by atoms with van der Waals surface area (Å²) in [6.45, 7) is 0. The number of methoxy groups -OCH3 is 1. The maximum absolute atomic E-state index is 11.9. The van der Waals surface area contributed by atoms with E-state index in [1.165, 1.54) is 13.2 Å². The van der Waals surface area contributed by atoms with E-state index in [4.69, 9.17) is 40.2 Å². The van der Waals surface area contributed by atoms with Crippen LogP contribution < -0.4 is 15.4 Å². The van der Waals surface area contributed by atoms with Crippen molar-refractivity contribution in [2.24, 2.45) is 0 Å². The largest absolute Gasteiger partial charge is 0.495 e. The van der Waals surface area contributed by atoms with E-state index in [0.29, 0.717) is 39.2 Å². The Hall–Kier alpha value is -2.80. The standard InChI is InChI=1S/C22H18Cl2N2O3S/c1-29-19-8-7-17(21(27)28)18(9-13-5-3-2-4-6-13)20(19)26-22(30)25-16-11-14(23)10-15(24)12-16/h2-8,10-12H,9H2,1H3,(H,27,28)(H2,25,26,30). The SMILES string of the molecule is COc1ccc(C(=O)O)c(Cc2ccccc2)c1NC(=S)Nc1cc(Cl)cc(Cl)c1. The Bertz CT molecular complexity index is 1070. The molecule has 5 nitrogen and oxygen atoms in total. The van der Waals surface area contributed by atoms with Gasteiger partial charge in [0.2, 0.25) is 0 Å². The third kappa shape index (κ3) is 5.42. The van der Waals surface area contributed by atoms with Crippen molar-refractivity contribution in [1.82, 2.24) is 0 Å². The lowest BCUT2D eigenvalue weighted by atomic mass is 9.97. The summed E-state index contributed by atoms with van der Waals surface area (Å²) in [5, 5.41) is 17.0. The molecule has 3 N–H and O–H groups in total. The van der Waals surface area contributed by atoms with Gasteiger partial charge in [0.15, 0.2) is 5.11 Å². The highest BCUT2D eigenvalue weighted by Crippen LogP contribution is 2.33. The molecule has 0 radical (unpaired) electrons. The first-order valence-electron chi connectivity index (χ1n) is 8.88. The molecular formula is C22H18Cl2N2O3S. The van der Waals surface area contributed by atoms with E-state index in [1.54, 1.807) is 24.3 Å². The second-order valence-electron chi connectivity index (χ2n) is 6.37. The Balaban J connectivity index is 1.97. The van der Waals surface area contributed by atoms with Crippen molar-refractivity contribution in [2.45, 2.75) is 6.42 Å². The van der Waals surface area contributed by atoms with Crippen LogP contribution in [0.25, 0.3) is 0 Å². The fourth-order valence-electron chi connectivity index (χ4n) is 3.02. The monoisotopic (exact) mass is 460 g/mol. The molecule has 3 rings (SSSR count). The number of rotatable bonds is 6. The van der Waals surface area contributed by atoms with Gasteiger partial charge in [-0.2, -0.15) is 0 Å². The topological polar surface area (TPSA) is 70.6 Å². The number of carboxylic acids is 1. The van der Waals surface area contributed by atoms with Crippen molar-refractivity contribution >= 4 is 57.9 Å². The molecule has 0 saturated heterocycles. The van der Waals surface area contributed by atoms with E-state index in [9.17, 15) is 9.90 Å². The lowest BCUT2D eigenvalue weighted by Crippen LogP contribution is -2.21. The van der Waals surface area contributed by atoms with Gasteiger partial charge in [0.1, 0.15) is 5.75 Å². The molecular weight excluding hydrogens is 443 g/mol. The molecule has 0 amide bonds. The molecule has 8 heteroatoms. The lowest BCUT2D eigenvalue weighted by molar-refractivity contribution is 0.0696. The van der Waals surface area contributed by atoms with Gasteiger partial charge in [-0.15, -0.1) is 0 Å². The molecule has 0 bridgehead atoms. The number of nitrogens with one attached hydrogen (secondary N) is 2. The maximum Gasteiger partial charge on any atom is 0.336 e. The van der Waals surface area contributed by atoms with Gasteiger partial charge < -0.3 is 20.5 Å². The summed E-state index contributed by atoms with van der Waals surface area (Å²) in [5.74, 6) is -0.564. The number of aromatic carboxylic acids is 1. The third-order valence-electron chi connectivity index (χ3n) is 4.31. The quantitative estimate of drug-likeness (QED) is 0.386. The molecule has 30 heavy (non-hydrogen) atoms. The molecule has 0 unspecified atom stereocenters. The first-order valence-corrected chi connectivity index (χ1v) is 10.0. The van der Waals surface area contributed by atoms with Crippen LogP contribution in [0.1, 0.15) is 21.5 Å². The molecule has 0 aliphatic rings. The van der Waals surface area contributed by atoms with Gasteiger partial charge in [-0.25, -0.2) is 4.79 Å². The molecule has 0 spiro atoms. The van der Waals surface area contributed by atoms with Gasteiger partial charge in [0.05, 0.1) is 18.4 Å². The van der Waals surface area contributed by atoms with Gasteiger partial charge in [0.25, 0.3) is 0 Å². The average molecular weight is 461 g/mol. The Morgan fingerprint density at radius 2 is 1.70 bits per heavy atom.